The van der Waals surface area contributed by atoms with Crippen molar-refractivity contribution in [3.63, 3.8) is 0 Å². The molecule has 0 aromatic heterocycles. The average Bonchev–Trinajstić information content (AvgIpc) is 2.45. The molecule has 0 bridgehead atoms. The summed E-state index contributed by atoms with van der Waals surface area (Å²) in [6.45, 7) is 1.60. The fourth-order valence-corrected chi connectivity index (χ4v) is 1.88. The van der Waals surface area contributed by atoms with Crippen molar-refractivity contribution in [3.05, 3.63) is 58.6 Å². The van der Waals surface area contributed by atoms with E-state index >= 15 is 0 Å². The molecule has 2 aromatic carbocycles. The van der Waals surface area contributed by atoms with Crippen molar-refractivity contribution in [1.29, 1.82) is 0 Å². The zero-order valence-corrected chi connectivity index (χ0v) is 12.2. The number of hydrogen-bond donors (Lipinski definition) is 1. The van der Waals surface area contributed by atoms with Crippen LogP contribution in [0.4, 0.5) is 5.69 Å². The molecule has 4 nitrogen and oxygen atoms in total. The summed E-state index contributed by atoms with van der Waals surface area (Å²) in [5, 5.41) is 8.91. The van der Waals surface area contributed by atoms with Crippen molar-refractivity contribution in [1.82, 2.24) is 0 Å². The van der Waals surface area contributed by atoms with Crippen molar-refractivity contribution in [2.45, 2.75) is 6.92 Å². The van der Waals surface area contributed by atoms with Crippen molar-refractivity contribution < 1.29 is 14.6 Å². The van der Waals surface area contributed by atoms with Gasteiger partial charge in [-0.3, -0.25) is 4.99 Å². The topological polar surface area (TPSA) is 58.9 Å². The Kier molecular flexibility index (Phi) is 4.95. The van der Waals surface area contributed by atoms with E-state index in [2.05, 4.69) is 4.99 Å². The number of hydrogen-bond acceptors (Lipinski definition) is 3. The van der Waals surface area contributed by atoms with E-state index < -0.39 is 12.6 Å². The van der Waals surface area contributed by atoms with Crippen LogP contribution in [-0.4, -0.2) is 23.9 Å². The molecular weight excluding hydrogens is 290 g/mol. The molecule has 0 saturated carbocycles. The Balaban J connectivity index is 2.09. The first-order valence-electron chi connectivity index (χ1n) is 6.29. The SMILES string of the molecule is Cc1ccc(N=Cc2ccc(OCC(=O)O)c(Cl)c2)cc1. The number of benzene rings is 2. The Labute approximate surface area is 127 Å². The zero-order chi connectivity index (χ0) is 15.2. The molecule has 0 unspecified atom stereocenters. The van der Waals surface area contributed by atoms with Crippen LogP contribution >= 0.6 is 11.6 Å². The summed E-state index contributed by atoms with van der Waals surface area (Å²) < 4.78 is 5.05. The van der Waals surface area contributed by atoms with Gasteiger partial charge in [-0.05, 0) is 42.8 Å². The summed E-state index contributed by atoms with van der Waals surface area (Å²) in [4.78, 5) is 14.8. The lowest BCUT2D eigenvalue weighted by Gasteiger charge is -2.05. The molecule has 108 valence electrons. The molecule has 0 spiro atoms. The maximum absolute atomic E-state index is 10.4. The predicted octanol–water partition coefficient (Wildman–Crippen LogP) is 3.86. The minimum atomic E-state index is -1.05. The largest absolute Gasteiger partial charge is 0.480 e. The maximum Gasteiger partial charge on any atom is 0.341 e. The fraction of sp³-hybridized carbons (Fsp3) is 0.125. The van der Waals surface area contributed by atoms with E-state index in [1.54, 1.807) is 24.4 Å². The molecule has 2 rings (SSSR count). The van der Waals surface area contributed by atoms with Crippen LogP contribution in [0.25, 0.3) is 0 Å². The fourth-order valence-electron chi connectivity index (χ4n) is 1.63. The lowest BCUT2D eigenvalue weighted by molar-refractivity contribution is -0.139. The number of carbonyl (C=O) groups is 1. The van der Waals surface area contributed by atoms with Gasteiger partial charge in [0.1, 0.15) is 5.75 Å². The molecule has 0 fully saturated rings. The summed E-state index contributed by atoms with van der Waals surface area (Å²) in [6.07, 6.45) is 1.69. The van der Waals surface area contributed by atoms with Crippen molar-refractivity contribution in [3.8, 4) is 5.75 Å². The number of ether oxygens (including phenoxy) is 1. The quantitative estimate of drug-likeness (QED) is 0.853. The highest BCUT2D eigenvalue weighted by molar-refractivity contribution is 6.32. The van der Waals surface area contributed by atoms with Gasteiger partial charge < -0.3 is 9.84 Å². The predicted molar refractivity (Wildman–Crippen MR) is 83.0 cm³/mol. The van der Waals surface area contributed by atoms with Crippen LogP contribution in [-0.2, 0) is 4.79 Å². The highest BCUT2D eigenvalue weighted by Crippen LogP contribution is 2.25. The van der Waals surface area contributed by atoms with Crippen molar-refractivity contribution >= 4 is 29.5 Å². The molecular formula is C16H14ClNO3. The summed E-state index contributed by atoms with van der Waals surface area (Å²) in [5.74, 6) is -0.706. The summed E-state index contributed by atoms with van der Waals surface area (Å²) in [7, 11) is 0. The first-order valence-corrected chi connectivity index (χ1v) is 6.67. The minimum absolute atomic E-state index is 0.339. The number of aryl methyl sites for hydroxylation is 1. The molecule has 21 heavy (non-hydrogen) atoms. The first kappa shape index (κ1) is 15.1. The Morgan fingerprint density at radius 3 is 2.62 bits per heavy atom. The molecule has 2 aromatic rings. The van der Waals surface area contributed by atoms with Crippen molar-refractivity contribution in [2.24, 2.45) is 4.99 Å². The second kappa shape index (κ2) is 6.90. The molecule has 5 heteroatoms. The van der Waals surface area contributed by atoms with E-state index in [1.165, 1.54) is 5.56 Å². The number of rotatable bonds is 5. The Morgan fingerprint density at radius 1 is 1.29 bits per heavy atom. The number of carboxylic acid groups (broad SMARTS) is 1. The molecule has 0 aliphatic carbocycles. The van der Waals surface area contributed by atoms with Crippen LogP contribution in [0.5, 0.6) is 5.75 Å². The van der Waals surface area contributed by atoms with E-state index in [0.29, 0.717) is 10.8 Å². The van der Waals surface area contributed by atoms with Gasteiger partial charge in [0.25, 0.3) is 0 Å². The Hall–Kier alpha value is -2.33. The van der Waals surface area contributed by atoms with Gasteiger partial charge in [0, 0.05) is 6.21 Å². The second-order valence-electron chi connectivity index (χ2n) is 4.47. The Bertz CT molecular complexity index is 666. The molecule has 0 aliphatic heterocycles. The summed E-state index contributed by atoms with van der Waals surface area (Å²) in [5.41, 5.74) is 2.84. The van der Waals surface area contributed by atoms with Gasteiger partial charge in [-0.25, -0.2) is 4.79 Å². The lowest BCUT2D eigenvalue weighted by Crippen LogP contribution is -2.09. The van der Waals surface area contributed by atoms with Gasteiger partial charge in [-0.1, -0.05) is 29.3 Å². The van der Waals surface area contributed by atoms with Gasteiger partial charge in [0.05, 0.1) is 10.7 Å². The van der Waals surface area contributed by atoms with E-state index in [9.17, 15) is 4.79 Å². The number of nitrogens with zero attached hydrogens (tertiary/aromatic N) is 1. The number of aliphatic imine (C=N–C) groups is 1. The lowest BCUT2D eigenvalue weighted by atomic mass is 10.2. The van der Waals surface area contributed by atoms with Crippen LogP contribution in [0, 0.1) is 6.92 Å². The van der Waals surface area contributed by atoms with E-state index in [0.717, 1.165) is 11.3 Å². The third-order valence-electron chi connectivity index (χ3n) is 2.70. The third kappa shape index (κ3) is 4.61. The van der Waals surface area contributed by atoms with Crippen LogP contribution in [0.2, 0.25) is 5.02 Å². The van der Waals surface area contributed by atoms with E-state index in [1.807, 2.05) is 31.2 Å². The average molecular weight is 304 g/mol. The molecule has 0 amide bonds. The van der Waals surface area contributed by atoms with Gasteiger partial charge in [0.15, 0.2) is 6.61 Å². The highest BCUT2D eigenvalue weighted by Gasteiger charge is 2.04. The van der Waals surface area contributed by atoms with Crippen LogP contribution in [0.3, 0.4) is 0 Å². The van der Waals surface area contributed by atoms with Crippen LogP contribution < -0.4 is 4.74 Å². The number of halogens is 1. The molecule has 0 atom stereocenters. The second-order valence-corrected chi connectivity index (χ2v) is 4.87. The molecule has 0 heterocycles. The Morgan fingerprint density at radius 2 is 2.00 bits per heavy atom. The van der Waals surface area contributed by atoms with Gasteiger partial charge in [-0.2, -0.15) is 0 Å². The van der Waals surface area contributed by atoms with E-state index in [-0.39, 0.29) is 0 Å². The number of carboxylic acids is 1. The molecule has 0 aliphatic rings. The zero-order valence-electron chi connectivity index (χ0n) is 11.4. The summed E-state index contributed by atoms with van der Waals surface area (Å²) in [6, 6.07) is 12.9. The van der Waals surface area contributed by atoms with E-state index in [4.69, 9.17) is 21.4 Å². The smallest absolute Gasteiger partial charge is 0.341 e. The number of aliphatic carboxylic acids is 1. The van der Waals surface area contributed by atoms with Crippen LogP contribution in [0.1, 0.15) is 11.1 Å². The minimum Gasteiger partial charge on any atom is -0.480 e. The first-order chi connectivity index (χ1) is 10.0. The van der Waals surface area contributed by atoms with Gasteiger partial charge in [-0.15, -0.1) is 0 Å². The highest BCUT2D eigenvalue weighted by atomic mass is 35.5. The van der Waals surface area contributed by atoms with Gasteiger partial charge >= 0.3 is 5.97 Å². The monoisotopic (exact) mass is 303 g/mol. The van der Waals surface area contributed by atoms with Gasteiger partial charge in [0.2, 0.25) is 0 Å². The summed E-state index contributed by atoms with van der Waals surface area (Å²) >= 11 is 6.04. The molecule has 0 radical (unpaired) electrons. The molecule has 0 saturated heterocycles. The normalized spacial score (nSPS) is 10.8. The standard InChI is InChI=1S/C16H14ClNO3/c1-11-2-5-13(6-3-11)18-9-12-4-7-15(14(17)8-12)21-10-16(19)20/h2-9H,10H2,1H3,(H,19,20). The van der Waals surface area contributed by atoms with Crippen molar-refractivity contribution in [2.75, 3.05) is 6.61 Å². The molecule has 1 N–H and O–H groups in total. The van der Waals surface area contributed by atoms with Crippen LogP contribution in [0.15, 0.2) is 47.5 Å². The third-order valence-corrected chi connectivity index (χ3v) is 3.00. The maximum atomic E-state index is 10.4.